The molecule has 0 saturated carbocycles. The summed E-state index contributed by atoms with van der Waals surface area (Å²) in [5.74, 6) is -0.154. The Morgan fingerprint density at radius 2 is 1.93 bits per heavy atom. The van der Waals surface area contributed by atoms with Crippen LogP contribution in [-0.4, -0.2) is 20.0 Å². The van der Waals surface area contributed by atoms with Crippen LogP contribution in [0.5, 0.6) is 0 Å². The van der Waals surface area contributed by atoms with E-state index < -0.39 is 11.2 Å². The number of aromatic nitrogens is 3. The minimum Gasteiger partial charge on any atom is -0.384 e. The molecule has 146 valence electrons. The molecule has 3 rings (SSSR count). The van der Waals surface area contributed by atoms with Gasteiger partial charge in [0, 0.05) is 25.2 Å². The van der Waals surface area contributed by atoms with Crippen LogP contribution in [0.2, 0.25) is 0 Å². The lowest BCUT2D eigenvalue weighted by Crippen LogP contribution is -2.39. The van der Waals surface area contributed by atoms with Crippen molar-refractivity contribution in [3.05, 3.63) is 60.6 Å². The quantitative estimate of drug-likeness (QED) is 0.692. The second-order valence-electron chi connectivity index (χ2n) is 6.64. The van der Waals surface area contributed by atoms with E-state index in [0.717, 1.165) is 21.4 Å². The average molecular weight is 399 g/mol. The molecule has 8 nitrogen and oxygen atoms in total. The molecule has 3 N–H and O–H groups in total. The van der Waals surface area contributed by atoms with Crippen LogP contribution in [0.15, 0.2) is 33.2 Å². The van der Waals surface area contributed by atoms with Gasteiger partial charge in [-0.1, -0.05) is 17.7 Å². The summed E-state index contributed by atoms with van der Waals surface area (Å²) in [6, 6.07) is 5.79. The highest BCUT2D eigenvalue weighted by Gasteiger charge is 2.18. The zero-order valence-corrected chi connectivity index (χ0v) is 16.9. The molecule has 3 aromatic rings. The third-order valence-corrected chi connectivity index (χ3v) is 5.33. The smallest absolute Gasteiger partial charge is 0.332 e. The highest BCUT2D eigenvalue weighted by atomic mass is 32.1. The number of aryl methyl sites for hydroxylation is 2. The molecule has 0 unspecified atom stereocenters. The monoisotopic (exact) mass is 399 g/mol. The minimum absolute atomic E-state index is 0.0460. The van der Waals surface area contributed by atoms with Gasteiger partial charge in [0.1, 0.15) is 16.4 Å². The van der Waals surface area contributed by atoms with E-state index in [1.165, 1.54) is 30.0 Å². The molecule has 1 aromatic carbocycles. The predicted molar refractivity (Wildman–Crippen MR) is 111 cm³/mol. The van der Waals surface area contributed by atoms with Gasteiger partial charge in [-0.2, -0.15) is 0 Å². The molecule has 0 bridgehead atoms. The maximum Gasteiger partial charge on any atom is 0.332 e. The number of nitrogen functional groups attached to an aromatic ring is 1. The summed E-state index contributed by atoms with van der Waals surface area (Å²) in [6.45, 7) is 3.92. The third-order valence-electron chi connectivity index (χ3n) is 4.49. The van der Waals surface area contributed by atoms with Gasteiger partial charge in [-0.3, -0.25) is 18.7 Å². The Labute approximate surface area is 165 Å². The van der Waals surface area contributed by atoms with Crippen LogP contribution in [-0.2, 0) is 25.3 Å². The van der Waals surface area contributed by atoms with Gasteiger partial charge in [0.05, 0.1) is 12.1 Å². The van der Waals surface area contributed by atoms with Gasteiger partial charge in [-0.15, -0.1) is 11.3 Å². The van der Waals surface area contributed by atoms with Crippen LogP contribution >= 0.6 is 11.3 Å². The van der Waals surface area contributed by atoms with Crippen LogP contribution in [0.4, 0.5) is 11.5 Å². The molecule has 0 aliphatic heterocycles. The van der Waals surface area contributed by atoms with E-state index in [1.807, 2.05) is 32.0 Å². The Morgan fingerprint density at radius 1 is 1.21 bits per heavy atom. The number of thiazole rings is 1. The van der Waals surface area contributed by atoms with E-state index in [4.69, 9.17) is 5.73 Å². The second-order valence-corrected chi connectivity index (χ2v) is 7.58. The fourth-order valence-corrected chi connectivity index (χ4v) is 3.68. The highest BCUT2D eigenvalue weighted by Crippen LogP contribution is 2.23. The summed E-state index contributed by atoms with van der Waals surface area (Å²) in [6.07, 6.45) is 0.0734. The van der Waals surface area contributed by atoms with Crippen LogP contribution in [0.3, 0.4) is 0 Å². The Morgan fingerprint density at radius 3 is 2.61 bits per heavy atom. The molecular formula is C19H21N5O3S. The van der Waals surface area contributed by atoms with Crippen molar-refractivity contribution in [3.63, 3.8) is 0 Å². The van der Waals surface area contributed by atoms with Gasteiger partial charge in [0.15, 0.2) is 0 Å². The summed E-state index contributed by atoms with van der Waals surface area (Å²) >= 11 is 1.26. The Balaban J connectivity index is 1.85. The Kier molecular flexibility index (Phi) is 5.19. The van der Waals surface area contributed by atoms with Crippen molar-refractivity contribution in [1.29, 1.82) is 0 Å². The van der Waals surface area contributed by atoms with E-state index in [0.29, 0.717) is 10.7 Å². The molecule has 9 heteroatoms. The fraction of sp³-hybridized carbons (Fsp3) is 0.263. The molecule has 28 heavy (non-hydrogen) atoms. The topological polar surface area (TPSA) is 112 Å². The molecule has 0 radical (unpaired) electrons. The van der Waals surface area contributed by atoms with E-state index in [2.05, 4.69) is 10.3 Å². The Hall–Kier alpha value is -3.20. The summed E-state index contributed by atoms with van der Waals surface area (Å²) in [5.41, 5.74) is 8.31. The zero-order chi connectivity index (χ0) is 20.6. The number of carbonyl (C=O) groups excluding carboxylic acids is 1. The SMILES string of the molecule is Cc1ccc(NC(=O)Cc2nc(-c3c(N)n(C)c(=O)n(C)c3=O)cs2)c(C)c1. The van der Waals surface area contributed by atoms with Gasteiger partial charge in [0.25, 0.3) is 5.56 Å². The lowest BCUT2D eigenvalue weighted by atomic mass is 10.1. The molecule has 0 fully saturated rings. The molecule has 2 heterocycles. The first-order valence-corrected chi connectivity index (χ1v) is 9.44. The second kappa shape index (κ2) is 7.43. The Bertz CT molecular complexity index is 1190. The molecule has 0 saturated heterocycles. The number of nitrogens with two attached hydrogens (primary N) is 1. The predicted octanol–water partition coefficient (Wildman–Crippen LogP) is 1.59. The summed E-state index contributed by atoms with van der Waals surface area (Å²) in [5, 5.41) is 5.09. The standard InChI is InChI=1S/C19H21N5O3S/c1-10-5-6-12(11(2)7-10)21-14(25)8-15-22-13(9-28-15)16-17(20)23(3)19(27)24(4)18(16)26/h5-7,9H,8,20H2,1-4H3,(H,21,25). The lowest BCUT2D eigenvalue weighted by molar-refractivity contribution is -0.115. The lowest BCUT2D eigenvalue weighted by Gasteiger charge is -2.09. The molecule has 0 aliphatic rings. The molecule has 0 atom stereocenters. The molecule has 0 spiro atoms. The van der Waals surface area contributed by atoms with Crippen LogP contribution in [0, 0.1) is 13.8 Å². The zero-order valence-electron chi connectivity index (χ0n) is 16.1. The van der Waals surface area contributed by atoms with Crippen molar-refractivity contribution in [2.75, 3.05) is 11.1 Å². The van der Waals surface area contributed by atoms with Crippen LogP contribution in [0.1, 0.15) is 16.1 Å². The number of amides is 1. The number of nitrogens with zero attached hydrogens (tertiary/aromatic N) is 3. The molecule has 1 amide bonds. The van der Waals surface area contributed by atoms with Crippen LogP contribution < -0.4 is 22.3 Å². The van der Waals surface area contributed by atoms with Gasteiger partial charge in [0.2, 0.25) is 5.91 Å². The number of carbonyl (C=O) groups is 1. The number of benzene rings is 1. The van der Waals surface area contributed by atoms with Crippen molar-refractivity contribution in [3.8, 4) is 11.3 Å². The number of nitrogens with one attached hydrogen (secondary N) is 1. The van der Waals surface area contributed by atoms with Gasteiger partial charge >= 0.3 is 5.69 Å². The van der Waals surface area contributed by atoms with E-state index >= 15 is 0 Å². The largest absolute Gasteiger partial charge is 0.384 e. The van der Waals surface area contributed by atoms with Crippen LogP contribution in [0.25, 0.3) is 11.3 Å². The number of anilines is 2. The normalized spacial score (nSPS) is 10.9. The molecular weight excluding hydrogens is 378 g/mol. The first-order chi connectivity index (χ1) is 13.2. The average Bonchev–Trinajstić information content (AvgIpc) is 3.08. The van der Waals surface area contributed by atoms with Crippen molar-refractivity contribution < 1.29 is 4.79 Å². The van der Waals surface area contributed by atoms with E-state index in [-0.39, 0.29) is 23.7 Å². The fourth-order valence-electron chi connectivity index (χ4n) is 2.89. The van der Waals surface area contributed by atoms with Crippen molar-refractivity contribution >= 4 is 28.7 Å². The van der Waals surface area contributed by atoms with E-state index in [9.17, 15) is 14.4 Å². The molecule has 0 aliphatic carbocycles. The summed E-state index contributed by atoms with van der Waals surface area (Å²) < 4.78 is 2.18. The maximum absolute atomic E-state index is 12.5. The minimum atomic E-state index is -0.516. The van der Waals surface area contributed by atoms with Gasteiger partial charge in [-0.25, -0.2) is 9.78 Å². The summed E-state index contributed by atoms with van der Waals surface area (Å²) in [7, 11) is 2.88. The first-order valence-electron chi connectivity index (χ1n) is 8.56. The maximum atomic E-state index is 12.5. The highest BCUT2D eigenvalue weighted by molar-refractivity contribution is 7.10. The van der Waals surface area contributed by atoms with Crippen molar-refractivity contribution in [2.45, 2.75) is 20.3 Å². The van der Waals surface area contributed by atoms with E-state index in [1.54, 1.807) is 5.38 Å². The number of hydrogen-bond donors (Lipinski definition) is 2. The van der Waals surface area contributed by atoms with Gasteiger partial charge in [-0.05, 0) is 25.5 Å². The van der Waals surface area contributed by atoms with Crippen molar-refractivity contribution in [2.24, 2.45) is 14.1 Å². The number of rotatable bonds is 4. The molecule has 2 aromatic heterocycles. The van der Waals surface area contributed by atoms with Crippen molar-refractivity contribution in [1.82, 2.24) is 14.1 Å². The van der Waals surface area contributed by atoms with Gasteiger partial charge < -0.3 is 11.1 Å². The number of hydrogen-bond acceptors (Lipinski definition) is 6. The third kappa shape index (κ3) is 3.61. The first kappa shape index (κ1) is 19.6. The summed E-state index contributed by atoms with van der Waals surface area (Å²) in [4.78, 5) is 41.1.